The number of sulfone groups is 1. The fourth-order valence-electron chi connectivity index (χ4n) is 3.15. The molecule has 0 aromatic heterocycles. The summed E-state index contributed by atoms with van der Waals surface area (Å²) in [6, 6.07) is 0. The van der Waals surface area contributed by atoms with Gasteiger partial charge in [0.25, 0.3) is 0 Å². The van der Waals surface area contributed by atoms with Gasteiger partial charge in [0.15, 0.2) is 9.84 Å². The van der Waals surface area contributed by atoms with E-state index in [0.29, 0.717) is 23.3 Å². The van der Waals surface area contributed by atoms with Crippen molar-refractivity contribution in [1.82, 2.24) is 5.32 Å². The van der Waals surface area contributed by atoms with E-state index in [4.69, 9.17) is 0 Å². The van der Waals surface area contributed by atoms with E-state index in [9.17, 15) is 8.42 Å². The van der Waals surface area contributed by atoms with Crippen molar-refractivity contribution in [1.29, 1.82) is 0 Å². The van der Waals surface area contributed by atoms with Crippen molar-refractivity contribution in [2.75, 3.05) is 25.1 Å². The van der Waals surface area contributed by atoms with E-state index >= 15 is 0 Å². The van der Waals surface area contributed by atoms with Gasteiger partial charge >= 0.3 is 0 Å². The van der Waals surface area contributed by atoms with Crippen LogP contribution in [-0.2, 0) is 9.84 Å². The van der Waals surface area contributed by atoms with Crippen molar-refractivity contribution in [2.24, 2.45) is 11.8 Å². The van der Waals surface area contributed by atoms with Gasteiger partial charge in [0.2, 0.25) is 0 Å². The molecule has 4 heteroatoms. The van der Waals surface area contributed by atoms with Crippen molar-refractivity contribution >= 4 is 9.84 Å². The lowest BCUT2D eigenvalue weighted by molar-refractivity contribution is 0.321. The van der Waals surface area contributed by atoms with Crippen molar-refractivity contribution in [3.63, 3.8) is 0 Å². The van der Waals surface area contributed by atoms with Gasteiger partial charge in [-0.1, -0.05) is 45.4 Å². The molecule has 1 N–H and O–H groups in total. The van der Waals surface area contributed by atoms with Crippen LogP contribution in [-0.4, -0.2) is 33.5 Å². The average Bonchev–Trinajstić information content (AvgIpc) is 2.72. The molecule has 1 saturated heterocycles. The number of hydrogen-bond acceptors (Lipinski definition) is 3. The number of nitrogens with one attached hydrogen (secondary N) is 1. The Hall–Kier alpha value is -0.0900. The molecule has 0 spiro atoms. The highest BCUT2D eigenvalue weighted by Gasteiger charge is 2.32. The predicted octanol–water partition coefficient (Wildman–Crippen LogP) is 3.01. The standard InChI is InChI=1S/C15H31NO2S/c1-3-4-5-6-7-8-9-14(12-16-2)15-10-11-19(17,18)13-15/h14-16H,3-13H2,1-2H3. The molecular weight excluding hydrogens is 258 g/mol. The number of unbranched alkanes of at least 4 members (excludes halogenated alkanes) is 5. The lowest BCUT2D eigenvalue weighted by Gasteiger charge is -2.22. The van der Waals surface area contributed by atoms with E-state index in [1.165, 1.54) is 44.9 Å². The first-order valence-corrected chi connectivity index (χ1v) is 9.76. The van der Waals surface area contributed by atoms with Crippen LogP contribution in [0.2, 0.25) is 0 Å². The second kappa shape index (κ2) is 8.96. The zero-order chi connectivity index (χ0) is 14.1. The molecule has 19 heavy (non-hydrogen) atoms. The van der Waals surface area contributed by atoms with E-state index in [0.717, 1.165) is 13.0 Å². The number of hydrogen-bond donors (Lipinski definition) is 1. The Bertz CT molecular complexity index is 327. The molecule has 0 aliphatic carbocycles. The Morgan fingerprint density at radius 1 is 1.16 bits per heavy atom. The normalized spacial score (nSPS) is 23.6. The Kier molecular flexibility index (Phi) is 8.00. The Morgan fingerprint density at radius 2 is 1.84 bits per heavy atom. The zero-order valence-corrected chi connectivity index (χ0v) is 13.5. The van der Waals surface area contributed by atoms with Crippen LogP contribution in [0.3, 0.4) is 0 Å². The van der Waals surface area contributed by atoms with Gasteiger partial charge in [-0.05, 0) is 38.3 Å². The Balaban J connectivity index is 2.25. The molecule has 2 atom stereocenters. The first kappa shape index (κ1) is 17.0. The van der Waals surface area contributed by atoms with Crippen LogP contribution in [0.15, 0.2) is 0 Å². The van der Waals surface area contributed by atoms with Crippen molar-refractivity contribution in [3.05, 3.63) is 0 Å². The van der Waals surface area contributed by atoms with E-state index < -0.39 is 9.84 Å². The summed E-state index contributed by atoms with van der Waals surface area (Å²) in [6.45, 7) is 3.21. The summed E-state index contributed by atoms with van der Waals surface area (Å²) in [4.78, 5) is 0. The molecule has 0 aromatic carbocycles. The minimum absolute atomic E-state index is 0.396. The van der Waals surface area contributed by atoms with E-state index in [-0.39, 0.29) is 0 Å². The van der Waals surface area contributed by atoms with Crippen LogP contribution in [0.25, 0.3) is 0 Å². The smallest absolute Gasteiger partial charge is 0.150 e. The summed E-state index contributed by atoms with van der Waals surface area (Å²) in [7, 11) is -0.759. The van der Waals surface area contributed by atoms with Gasteiger partial charge in [-0.2, -0.15) is 0 Å². The van der Waals surface area contributed by atoms with E-state index in [1.54, 1.807) is 0 Å². The molecule has 0 saturated carbocycles. The molecule has 114 valence electrons. The van der Waals surface area contributed by atoms with Crippen LogP contribution < -0.4 is 5.32 Å². The van der Waals surface area contributed by atoms with Crippen molar-refractivity contribution < 1.29 is 8.42 Å². The van der Waals surface area contributed by atoms with Gasteiger partial charge in [-0.25, -0.2) is 8.42 Å². The fraction of sp³-hybridized carbons (Fsp3) is 1.00. The molecule has 1 heterocycles. The van der Waals surface area contributed by atoms with Gasteiger partial charge in [0.05, 0.1) is 11.5 Å². The van der Waals surface area contributed by atoms with Crippen molar-refractivity contribution in [3.8, 4) is 0 Å². The lowest BCUT2D eigenvalue weighted by atomic mass is 9.87. The first-order valence-electron chi connectivity index (χ1n) is 7.94. The second-order valence-electron chi connectivity index (χ2n) is 6.04. The van der Waals surface area contributed by atoms with Crippen molar-refractivity contribution in [2.45, 2.75) is 58.3 Å². The summed E-state index contributed by atoms with van der Waals surface area (Å²) in [5.74, 6) is 1.78. The van der Waals surface area contributed by atoms with Crippen LogP contribution in [0.5, 0.6) is 0 Å². The maximum absolute atomic E-state index is 11.6. The Labute approximate surface area is 119 Å². The summed E-state index contributed by atoms with van der Waals surface area (Å²) in [6.07, 6.45) is 9.96. The van der Waals surface area contributed by atoms with Gasteiger partial charge in [-0.15, -0.1) is 0 Å². The summed E-state index contributed by atoms with van der Waals surface area (Å²) in [5.41, 5.74) is 0. The molecule has 1 aliphatic heterocycles. The maximum Gasteiger partial charge on any atom is 0.150 e. The van der Waals surface area contributed by atoms with Gasteiger partial charge in [-0.3, -0.25) is 0 Å². The fourth-order valence-corrected chi connectivity index (χ4v) is 5.07. The highest BCUT2D eigenvalue weighted by atomic mass is 32.2. The highest BCUT2D eigenvalue weighted by molar-refractivity contribution is 7.91. The summed E-state index contributed by atoms with van der Waals surface area (Å²) >= 11 is 0. The Morgan fingerprint density at radius 3 is 2.42 bits per heavy atom. The molecule has 3 nitrogen and oxygen atoms in total. The molecule has 1 aliphatic rings. The molecule has 0 radical (unpaired) electrons. The maximum atomic E-state index is 11.6. The molecular formula is C15H31NO2S. The largest absolute Gasteiger partial charge is 0.319 e. The molecule has 1 fully saturated rings. The van der Waals surface area contributed by atoms with Gasteiger partial charge < -0.3 is 5.32 Å². The summed E-state index contributed by atoms with van der Waals surface area (Å²) in [5, 5.41) is 3.24. The van der Waals surface area contributed by atoms with Crippen LogP contribution >= 0.6 is 0 Å². The molecule has 0 aromatic rings. The van der Waals surface area contributed by atoms with Gasteiger partial charge in [0, 0.05) is 0 Å². The third-order valence-corrected chi connectivity index (χ3v) is 6.12. The summed E-state index contributed by atoms with van der Waals surface area (Å²) < 4.78 is 23.2. The monoisotopic (exact) mass is 289 g/mol. The van der Waals surface area contributed by atoms with E-state index in [2.05, 4.69) is 12.2 Å². The second-order valence-corrected chi connectivity index (χ2v) is 8.27. The van der Waals surface area contributed by atoms with Crippen LogP contribution in [0.1, 0.15) is 58.3 Å². The first-order chi connectivity index (χ1) is 9.09. The lowest BCUT2D eigenvalue weighted by Crippen LogP contribution is -2.26. The minimum Gasteiger partial charge on any atom is -0.319 e. The predicted molar refractivity (Wildman–Crippen MR) is 82.2 cm³/mol. The third-order valence-electron chi connectivity index (χ3n) is 4.33. The topological polar surface area (TPSA) is 46.2 Å². The SMILES string of the molecule is CCCCCCCCC(CNC)C1CCS(=O)(=O)C1. The highest BCUT2D eigenvalue weighted by Crippen LogP contribution is 2.29. The van der Waals surface area contributed by atoms with Crippen LogP contribution in [0.4, 0.5) is 0 Å². The number of rotatable bonds is 10. The average molecular weight is 289 g/mol. The third kappa shape index (κ3) is 6.75. The van der Waals surface area contributed by atoms with E-state index in [1.807, 2.05) is 7.05 Å². The minimum atomic E-state index is -2.73. The quantitative estimate of drug-likeness (QED) is 0.629. The van der Waals surface area contributed by atoms with Gasteiger partial charge in [0.1, 0.15) is 0 Å². The molecule has 0 amide bonds. The van der Waals surface area contributed by atoms with Crippen LogP contribution in [0, 0.1) is 11.8 Å². The molecule has 0 bridgehead atoms. The zero-order valence-electron chi connectivity index (χ0n) is 12.7. The molecule has 2 unspecified atom stereocenters. The molecule has 1 rings (SSSR count).